The monoisotopic (exact) mass is 288 g/mol. The average Bonchev–Trinajstić information content (AvgIpc) is 3.01. The number of piperazine rings is 1. The fourth-order valence-corrected chi connectivity index (χ4v) is 2.31. The van der Waals surface area contributed by atoms with Crippen LogP contribution in [-0.2, 0) is 0 Å². The molecule has 2 aromatic rings. The molecule has 21 heavy (non-hydrogen) atoms. The molecule has 7 heteroatoms. The van der Waals surface area contributed by atoms with E-state index in [1.165, 1.54) is 6.20 Å². The molecule has 0 bridgehead atoms. The second kappa shape index (κ2) is 5.53. The van der Waals surface area contributed by atoms with E-state index in [-0.39, 0.29) is 5.56 Å². The van der Waals surface area contributed by atoms with E-state index < -0.39 is 5.97 Å². The summed E-state index contributed by atoms with van der Waals surface area (Å²) in [4.78, 5) is 24.1. The highest BCUT2D eigenvalue weighted by atomic mass is 16.4. The fraction of sp³-hybridized carbons (Fsp3) is 0.357. The molecule has 0 atom stereocenters. The molecule has 2 aromatic heterocycles. The van der Waals surface area contributed by atoms with E-state index in [1.807, 2.05) is 11.9 Å². The third kappa shape index (κ3) is 2.73. The Hall–Kier alpha value is -2.41. The first kappa shape index (κ1) is 13.6. The Balaban J connectivity index is 1.99. The minimum atomic E-state index is -1.02. The number of carboxylic acid groups (broad SMARTS) is 1. The standard InChI is InChI=1S/C14H16N4O3/c1-17-4-6-18(7-5-17)13-10(14(19)20)9-15-12(16-13)11-3-2-8-21-11/h2-3,8-9H,4-7H2,1H3,(H,19,20). The summed E-state index contributed by atoms with van der Waals surface area (Å²) in [5.74, 6) is 0.369. The number of hydrogen-bond donors (Lipinski definition) is 1. The number of aromatic nitrogens is 2. The Labute approximate surface area is 121 Å². The zero-order valence-electron chi connectivity index (χ0n) is 11.7. The fourth-order valence-electron chi connectivity index (χ4n) is 2.31. The molecule has 110 valence electrons. The molecule has 0 spiro atoms. The first-order valence-corrected chi connectivity index (χ1v) is 6.73. The van der Waals surface area contributed by atoms with Crippen LogP contribution in [0.2, 0.25) is 0 Å². The maximum absolute atomic E-state index is 11.4. The highest BCUT2D eigenvalue weighted by Gasteiger charge is 2.23. The van der Waals surface area contributed by atoms with E-state index >= 15 is 0 Å². The third-order valence-electron chi connectivity index (χ3n) is 3.54. The normalized spacial score (nSPS) is 16.1. The number of hydrogen-bond acceptors (Lipinski definition) is 6. The van der Waals surface area contributed by atoms with Crippen LogP contribution in [0.3, 0.4) is 0 Å². The van der Waals surface area contributed by atoms with Gasteiger partial charge in [-0.2, -0.15) is 0 Å². The highest BCUT2D eigenvalue weighted by molar-refractivity contribution is 5.93. The predicted octanol–water partition coefficient (Wildman–Crippen LogP) is 1.19. The van der Waals surface area contributed by atoms with E-state index in [0.29, 0.717) is 17.4 Å². The maximum Gasteiger partial charge on any atom is 0.341 e. The van der Waals surface area contributed by atoms with Crippen molar-refractivity contribution in [2.75, 3.05) is 38.1 Å². The summed E-state index contributed by atoms with van der Waals surface area (Å²) in [5, 5.41) is 9.33. The number of furan rings is 1. The van der Waals surface area contributed by atoms with E-state index in [0.717, 1.165) is 26.2 Å². The minimum Gasteiger partial charge on any atom is -0.477 e. The topological polar surface area (TPSA) is 82.7 Å². The molecular weight excluding hydrogens is 272 g/mol. The molecule has 1 fully saturated rings. The van der Waals surface area contributed by atoms with Gasteiger partial charge in [0, 0.05) is 32.4 Å². The van der Waals surface area contributed by atoms with E-state index in [9.17, 15) is 9.90 Å². The molecule has 0 aromatic carbocycles. The Morgan fingerprint density at radius 3 is 2.71 bits per heavy atom. The van der Waals surface area contributed by atoms with Crippen LogP contribution in [0.15, 0.2) is 29.0 Å². The van der Waals surface area contributed by atoms with Crippen LogP contribution in [0.5, 0.6) is 0 Å². The average molecular weight is 288 g/mol. The molecule has 1 saturated heterocycles. The Morgan fingerprint density at radius 1 is 1.33 bits per heavy atom. The van der Waals surface area contributed by atoms with Crippen molar-refractivity contribution in [2.45, 2.75) is 0 Å². The number of likely N-dealkylation sites (N-methyl/N-ethyl adjacent to an activating group) is 1. The minimum absolute atomic E-state index is 0.120. The largest absolute Gasteiger partial charge is 0.477 e. The Morgan fingerprint density at radius 2 is 2.10 bits per heavy atom. The molecule has 0 amide bonds. The predicted molar refractivity (Wildman–Crippen MR) is 76.4 cm³/mol. The van der Waals surface area contributed by atoms with Crippen LogP contribution in [0.1, 0.15) is 10.4 Å². The summed E-state index contributed by atoms with van der Waals surface area (Å²) in [6, 6.07) is 3.50. The number of carboxylic acids is 1. The van der Waals surface area contributed by atoms with Crippen molar-refractivity contribution < 1.29 is 14.3 Å². The lowest BCUT2D eigenvalue weighted by Gasteiger charge is -2.33. The van der Waals surface area contributed by atoms with Crippen LogP contribution >= 0.6 is 0 Å². The second-order valence-electron chi connectivity index (χ2n) is 5.00. The molecule has 1 aliphatic rings. The van der Waals surface area contributed by atoms with Crippen molar-refractivity contribution in [3.05, 3.63) is 30.2 Å². The molecule has 1 aliphatic heterocycles. The van der Waals surface area contributed by atoms with Crippen molar-refractivity contribution >= 4 is 11.8 Å². The first-order valence-electron chi connectivity index (χ1n) is 6.73. The summed E-state index contributed by atoms with van der Waals surface area (Å²) in [6.07, 6.45) is 2.89. The van der Waals surface area contributed by atoms with Gasteiger partial charge in [0.15, 0.2) is 11.6 Å². The van der Waals surface area contributed by atoms with E-state index in [1.54, 1.807) is 18.4 Å². The highest BCUT2D eigenvalue weighted by Crippen LogP contribution is 2.23. The SMILES string of the molecule is CN1CCN(c2nc(-c3ccco3)ncc2C(=O)O)CC1. The molecule has 0 unspecified atom stereocenters. The lowest BCUT2D eigenvalue weighted by Crippen LogP contribution is -2.45. The summed E-state index contributed by atoms with van der Waals surface area (Å²) in [6.45, 7) is 3.23. The van der Waals surface area contributed by atoms with Crippen LogP contribution in [0, 0.1) is 0 Å². The molecule has 3 heterocycles. The van der Waals surface area contributed by atoms with Gasteiger partial charge in [0.2, 0.25) is 0 Å². The molecule has 0 saturated carbocycles. The third-order valence-corrected chi connectivity index (χ3v) is 3.54. The van der Waals surface area contributed by atoms with Crippen LogP contribution in [0.25, 0.3) is 11.6 Å². The first-order chi connectivity index (χ1) is 10.1. The molecule has 7 nitrogen and oxygen atoms in total. The van der Waals surface area contributed by atoms with Crippen molar-refractivity contribution in [1.82, 2.24) is 14.9 Å². The number of carbonyl (C=O) groups is 1. The summed E-state index contributed by atoms with van der Waals surface area (Å²) < 4.78 is 5.28. The van der Waals surface area contributed by atoms with Crippen molar-refractivity contribution in [3.63, 3.8) is 0 Å². The van der Waals surface area contributed by atoms with Gasteiger partial charge < -0.3 is 19.3 Å². The van der Waals surface area contributed by atoms with Gasteiger partial charge in [-0.1, -0.05) is 0 Å². The van der Waals surface area contributed by atoms with Crippen LogP contribution in [-0.4, -0.2) is 59.2 Å². The molecule has 3 rings (SSSR count). The quantitative estimate of drug-likeness (QED) is 0.908. The van der Waals surface area contributed by atoms with E-state index in [4.69, 9.17) is 4.42 Å². The summed E-state index contributed by atoms with van der Waals surface area (Å²) in [7, 11) is 2.05. The number of aromatic carboxylic acids is 1. The van der Waals surface area contributed by atoms with Gasteiger partial charge in [0.25, 0.3) is 0 Å². The zero-order chi connectivity index (χ0) is 14.8. The van der Waals surface area contributed by atoms with Gasteiger partial charge in [-0.05, 0) is 19.2 Å². The second-order valence-corrected chi connectivity index (χ2v) is 5.00. The lowest BCUT2D eigenvalue weighted by atomic mass is 10.2. The van der Waals surface area contributed by atoms with Gasteiger partial charge in [-0.3, -0.25) is 0 Å². The number of rotatable bonds is 3. The van der Waals surface area contributed by atoms with E-state index in [2.05, 4.69) is 14.9 Å². The molecule has 0 aliphatic carbocycles. The molecular formula is C14H16N4O3. The zero-order valence-corrected chi connectivity index (χ0v) is 11.7. The molecule has 0 radical (unpaired) electrons. The van der Waals surface area contributed by atoms with Gasteiger partial charge in [-0.15, -0.1) is 0 Å². The van der Waals surface area contributed by atoms with Gasteiger partial charge in [0.1, 0.15) is 11.4 Å². The Bertz CT molecular complexity index is 634. The van der Waals surface area contributed by atoms with Gasteiger partial charge in [0.05, 0.1) is 6.26 Å². The Kier molecular flexibility index (Phi) is 3.57. The van der Waals surface area contributed by atoms with Gasteiger partial charge in [-0.25, -0.2) is 14.8 Å². The summed E-state index contributed by atoms with van der Waals surface area (Å²) in [5.41, 5.74) is 0.120. The summed E-state index contributed by atoms with van der Waals surface area (Å²) >= 11 is 0. The maximum atomic E-state index is 11.4. The number of nitrogens with zero attached hydrogens (tertiary/aromatic N) is 4. The lowest BCUT2D eigenvalue weighted by molar-refractivity contribution is 0.0696. The smallest absolute Gasteiger partial charge is 0.341 e. The van der Waals surface area contributed by atoms with Crippen LogP contribution in [0.4, 0.5) is 5.82 Å². The van der Waals surface area contributed by atoms with Crippen LogP contribution < -0.4 is 4.90 Å². The van der Waals surface area contributed by atoms with Crippen molar-refractivity contribution in [2.24, 2.45) is 0 Å². The van der Waals surface area contributed by atoms with Gasteiger partial charge >= 0.3 is 5.97 Å². The van der Waals surface area contributed by atoms with Crippen molar-refractivity contribution in [3.8, 4) is 11.6 Å². The van der Waals surface area contributed by atoms with Crippen molar-refractivity contribution in [1.29, 1.82) is 0 Å². The molecule has 1 N–H and O–H groups in total. The number of anilines is 1.